The second kappa shape index (κ2) is 7.40. The van der Waals surface area contributed by atoms with Crippen molar-refractivity contribution in [1.82, 2.24) is 14.8 Å². The van der Waals surface area contributed by atoms with Crippen LogP contribution in [0, 0.1) is 5.82 Å². The van der Waals surface area contributed by atoms with E-state index in [-0.39, 0.29) is 18.3 Å². The maximum atomic E-state index is 14.0. The van der Waals surface area contributed by atoms with Gasteiger partial charge < -0.3 is 5.32 Å². The average Bonchev–Trinajstić information content (AvgIpc) is 3.13. The SMILES string of the molecule is O=C(Cn1nc(-c2ccccc2)c2cnc3ccc(F)cc3c21)Nc1ccccc1. The molecule has 1 N–H and O–H groups in total. The second-order valence-corrected chi connectivity index (χ2v) is 6.97. The van der Waals surface area contributed by atoms with Crippen LogP contribution in [0.3, 0.4) is 0 Å². The van der Waals surface area contributed by atoms with Crippen molar-refractivity contribution in [3.8, 4) is 11.3 Å². The van der Waals surface area contributed by atoms with Gasteiger partial charge in [-0.25, -0.2) is 4.39 Å². The van der Waals surface area contributed by atoms with Crippen LogP contribution < -0.4 is 5.32 Å². The van der Waals surface area contributed by atoms with Gasteiger partial charge in [0.15, 0.2) is 0 Å². The fourth-order valence-electron chi connectivity index (χ4n) is 3.61. The zero-order valence-electron chi connectivity index (χ0n) is 15.9. The van der Waals surface area contributed by atoms with Crippen LogP contribution in [-0.2, 0) is 11.3 Å². The van der Waals surface area contributed by atoms with E-state index in [0.29, 0.717) is 27.8 Å². The maximum Gasteiger partial charge on any atom is 0.246 e. The van der Waals surface area contributed by atoms with Crippen LogP contribution >= 0.6 is 0 Å². The molecule has 3 aromatic carbocycles. The van der Waals surface area contributed by atoms with E-state index in [0.717, 1.165) is 10.9 Å². The van der Waals surface area contributed by atoms with Gasteiger partial charge in [-0.2, -0.15) is 5.10 Å². The predicted molar refractivity (Wildman–Crippen MR) is 115 cm³/mol. The van der Waals surface area contributed by atoms with Crippen LogP contribution in [0.2, 0.25) is 0 Å². The molecule has 0 aliphatic rings. The topological polar surface area (TPSA) is 59.8 Å². The Morgan fingerprint density at radius 1 is 0.933 bits per heavy atom. The average molecular weight is 396 g/mol. The van der Waals surface area contributed by atoms with E-state index in [1.807, 2.05) is 60.7 Å². The van der Waals surface area contributed by atoms with Gasteiger partial charge in [-0.05, 0) is 30.3 Å². The third kappa shape index (κ3) is 3.28. The molecule has 5 rings (SSSR count). The lowest BCUT2D eigenvalue weighted by atomic mass is 10.1. The number of pyridine rings is 1. The number of amides is 1. The maximum absolute atomic E-state index is 14.0. The first-order valence-electron chi connectivity index (χ1n) is 9.54. The quantitative estimate of drug-likeness (QED) is 0.464. The second-order valence-electron chi connectivity index (χ2n) is 6.97. The molecule has 0 saturated heterocycles. The highest BCUT2D eigenvalue weighted by atomic mass is 19.1. The Balaban J connectivity index is 1.66. The standard InChI is InChI=1S/C24H17FN4O/c25-17-11-12-21-19(13-17)24-20(14-26-21)23(16-7-3-1-4-8-16)28-29(24)15-22(30)27-18-9-5-2-6-10-18/h1-14H,15H2,(H,27,30). The summed E-state index contributed by atoms with van der Waals surface area (Å²) in [5.74, 6) is -0.578. The summed E-state index contributed by atoms with van der Waals surface area (Å²) in [7, 11) is 0. The number of nitrogens with one attached hydrogen (secondary N) is 1. The molecule has 0 radical (unpaired) electrons. The van der Waals surface area contributed by atoms with Crippen LogP contribution in [0.1, 0.15) is 0 Å². The van der Waals surface area contributed by atoms with Crippen molar-refractivity contribution in [3.05, 3.63) is 90.9 Å². The molecular formula is C24H17FN4O. The molecule has 5 nitrogen and oxygen atoms in total. The van der Waals surface area contributed by atoms with Crippen LogP contribution in [-0.4, -0.2) is 20.7 Å². The highest BCUT2D eigenvalue weighted by Crippen LogP contribution is 2.32. The molecule has 0 atom stereocenters. The molecule has 0 fully saturated rings. The monoisotopic (exact) mass is 396 g/mol. The highest BCUT2D eigenvalue weighted by molar-refractivity contribution is 6.08. The molecule has 2 heterocycles. The number of hydrogen-bond donors (Lipinski definition) is 1. The summed E-state index contributed by atoms with van der Waals surface area (Å²) in [6.45, 7) is -0.00610. The molecule has 0 aliphatic carbocycles. The zero-order chi connectivity index (χ0) is 20.5. The van der Waals surface area contributed by atoms with E-state index in [1.165, 1.54) is 12.1 Å². The molecule has 0 unspecified atom stereocenters. The van der Waals surface area contributed by atoms with E-state index in [4.69, 9.17) is 5.10 Å². The normalized spacial score (nSPS) is 11.1. The summed E-state index contributed by atoms with van der Waals surface area (Å²) >= 11 is 0. The first-order chi connectivity index (χ1) is 14.7. The number of carbonyl (C=O) groups is 1. The van der Waals surface area contributed by atoms with Crippen molar-refractivity contribution < 1.29 is 9.18 Å². The van der Waals surface area contributed by atoms with E-state index in [9.17, 15) is 9.18 Å². The molecule has 2 aromatic heterocycles. The van der Waals surface area contributed by atoms with Gasteiger partial charge in [-0.1, -0.05) is 48.5 Å². The Labute approximate surface area is 171 Å². The number of para-hydroxylation sites is 1. The van der Waals surface area contributed by atoms with Crippen molar-refractivity contribution in [2.45, 2.75) is 6.54 Å². The van der Waals surface area contributed by atoms with E-state index in [2.05, 4.69) is 10.3 Å². The van der Waals surface area contributed by atoms with Crippen molar-refractivity contribution in [2.75, 3.05) is 5.32 Å². The number of hydrogen-bond acceptors (Lipinski definition) is 3. The summed E-state index contributed by atoms with van der Waals surface area (Å²) in [6.07, 6.45) is 1.73. The molecule has 0 saturated carbocycles. The molecule has 0 spiro atoms. The lowest BCUT2D eigenvalue weighted by molar-refractivity contribution is -0.116. The Morgan fingerprint density at radius 2 is 1.67 bits per heavy atom. The minimum absolute atomic E-state index is 0.00610. The van der Waals surface area contributed by atoms with Gasteiger partial charge in [-0.3, -0.25) is 14.5 Å². The molecular weight excluding hydrogens is 379 g/mol. The lowest BCUT2D eigenvalue weighted by Crippen LogP contribution is -2.19. The summed E-state index contributed by atoms with van der Waals surface area (Å²) in [5.41, 5.74) is 3.65. The van der Waals surface area contributed by atoms with Gasteiger partial charge in [-0.15, -0.1) is 0 Å². The Hall–Kier alpha value is -4.06. The minimum Gasteiger partial charge on any atom is -0.324 e. The number of carbonyl (C=O) groups excluding carboxylic acids is 1. The highest BCUT2D eigenvalue weighted by Gasteiger charge is 2.18. The van der Waals surface area contributed by atoms with Crippen LogP contribution in [0.15, 0.2) is 85.1 Å². The largest absolute Gasteiger partial charge is 0.324 e. The Bertz CT molecular complexity index is 1360. The number of nitrogens with zero attached hydrogens (tertiary/aromatic N) is 3. The fraction of sp³-hybridized carbons (Fsp3) is 0.0417. The van der Waals surface area contributed by atoms with Gasteiger partial charge in [0.25, 0.3) is 0 Å². The summed E-state index contributed by atoms with van der Waals surface area (Å²) in [6, 6.07) is 23.4. The van der Waals surface area contributed by atoms with E-state index in [1.54, 1.807) is 16.9 Å². The van der Waals surface area contributed by atoms with Crippen LogP contribution in [0.5, 0.6) is 0 Å². The first-order valence-corrected chi connectivity index (χ1v) is 9.54. The minimum atomic E-state index is -0.362. The van der Waals surface area contributed by atoms with Crippen molar-refractivity contribution >= 4 is 33.4 Å². The van der Waals surface area contributed by atoms with Gasteiger partial charge in [0, 0.05) is 28.2 Å². The molecule has 30 heavy (non-hydrogen) atoms. The third-order valence-electron chi connectivity index (χ3n) is 4.93. The summed E-state index contributed by atoms with van der Waals surface area (Å²) in [5, 5.41) is 8.98. The number of benzene rings is 3. The number of fused-ring (bicyclic) bond motifs is 3. The zero-order valence-corrected chi connectivity index (χ0v) is 15.9. The van der Waals surface area contributed by atoms with Crippen LogP contribution in [0.25, 0.3) is 33.1 Å². The molecule has 146 valence electrons. The third-order valence-corrected chi connectivity index (χ3v) is 4.93. The predicted octanol–water partition coefficient (Wildman–Crippen LogP) is 5.03. The van der Waals surface area contributed by atoms with Crippen molar-refractivity contribution in [3.63, 3.8) is 0 Å². The van der Waals surface area contributed by atoms with E-state index < -0.39 is 0 Å². The van der Waals surface area contributed by atoms with E-state index >= 15 is 0 Å². The number of aromatic nitrogens is 3. The van der Waals surface area contributed by atoms with Gasteiger partial charge >= 0.3 is 0 Å². The lowest BCUT2D eigenvalue weighted by Gasteiger charge is -2.07. The van der Waals surface area contributed by atoms with Crippen molar-refractivity contribution in [1.29, 1.82) is 0 Å². The fourth-order valence-corrected chi connectivity index (χ4v) is 3.61. The van der Waals surface area contributed by atoms with Crippen molar-refractivity contribution in [2.24, 2.45) is 0 Å². The van der Waals surface area contributed by atoms with Gasteiger partial charge in [0.2, 0.25) is 5.91 Å². The molecule has 0 bridgehead atoms. The van der Waals surface area contributed by atoms with Gasteiger partial charge in [0.1, 0.15) is 18.1 Å². The Morgan fingerprint density at radius 3 is 2.43 bits per heavy atom. The smallest absolute Gasteiger partial charge is 0.246 e. The number of halogens is 1. The summed E-state index contributed by atoms with van der Waals surface area (Å²) in [4.78, 5) is 17.2. The van der Waals surface area contributed by atoms with Gasteiger partial charge in [0.05, 0.1) is 11.0 Å². The van der Waals surface area contributed by atoms with Crippen LogP contribution in [0.4, 0.5) is 10.1 Å². The number of rotatable bonds is 4. The molecule has 0 aliphatic heterocycles. The molecule has 6 heteroatoms. The molecule has 1 amide bonds. The molecule has 5 aromatic rings. The summed E-state index contributed by atoms with van der Waals surface area (Å²) < 4.78 is 15.7. The first kappa shape index (κ1) is 18.0. The Kier molecular flexibility index (Phi) is 4.44. The number of anilines is 1.